The van der Waals surface area contributed by atoms with Gasteiger partial charge in [-0.3, -0.25) is 0 Å². The van der Waals surface area contributed by atoms with Crippen LogP contribution in [0.25, 0.3) is 0 Å². The number of carboxylic acid groups (broad SMARTS) is 1. The van der Waals surface area contributed by atoms with Gasteiger partial charge in [-0.25, -0.2) is 4.79 Å². The van der Waals surface area contributed by atoms with E-state index in [-0.39, 0.29) is 5.57 Å². The van der Waals surface area contributed by atoms with Crippen LogP contribution in [-0.2, 0) is 11.2 Å². The Morgan fingerprint density at radius 2 is 1.68 bits per heavy atom. The van der Waals surface area contributed by atoms with Crippen molar-refractivity contribution in [3.8, 4) is 0 Å². The standard InChI is InChI=1S/C20H28O2/c1-14(19(21)22)13-15-5-7-16(8-6-15)17-9-11-18(12-10-17)20(2,3)4/h5-8,17-18H,1,9-13H2,2-4H3,(H,21,22). The molecule has 0 amide bonds. The SMILES string of the molecule is C=C(Cc1ccc(C2CCC(C(C)(C)C)CC2)cc1)C(=O)O. The second-order valence-corrected chi connectivity index (χ2v) is 7.74. The van der Waals surface area contributed by atoms with Crippen molar-refractivity contribution in [2.75, 3.05) is 0 Å². The van der Waals surface area contributed by atoms with Gasteiger partial charge in [-0.15, -0.1) is 0 Å². The lowest BCUT2D eigenvalue weighted by Crippen LogP contribution is -2.25. The van der Waals surface area contributed by atoms with Gasteiger partial charge < -0.3 is 5.11 Å². The highest BCUT2D eigenvalue weighted by Crippen LogP contribution is 2.43. The first kappa shape index (κ1) is 16.8. The summed E-state index contributed by atoms with van der Waals surface area (Å²) in [5.74, 6) is 0.585. The zero-order valence-corrected chi connectivity index (χ0v) is 14.1. The highest BCUT2D eigenvalue weighted by Gasteiger charge is 2.30. The second kappa shape index (κ2) is 6.68. The minimum absolute atomic E-state index is 0.249. The number of aliphatic carboxylic acids is 1. The van der Waals surface area contributed by atoms with Gasteiger partial charge in [0.15, 0.2) is 0 Å². The lowest BCUT2D eigenvalue weighted by molar-refractivity contribution is -0.132. The van der Waals surface area contributed by atoms with E-state index in [1.165, 1.54) is 31.2 Å². The van der Waals surface area contributed by atoms with Crippen molar-refractivity contribution in [2.45, 2.75) is 58.8 Å². The van der Waals surface area contributed by atoms with Crippen LogP contribution in [0.15, 0.2) is 36.4 Å². The molecule has 1 aliphatic rings. The lowest BCUT2D eigenvalue weighted by atomic mass is 9.68. The number of hydrogen-bond acceptors (Lipinski definition) is 1. The lowest BCUT2D eigenvalue weighted by Gasteiger charge is -2.37. The van der Waals surface area contributed by atoms with Crippen LogP contribution in [-0.4, -0.2) is 11.1 Å². The van der Waals surface area contributed by atoms with Gasteiger partial charge in [-0.05, 0) is 54.1 Å². The second-order valence-electron chi connectivity index (χ2n) is 7.74. The molecule has 1 aliphatic carbocycles. The van der Waals surface area contributed by atoms with Crippen molar-refractivity contribution < 1.29 is 9.90 Å². The van der Waals surface area contributed by atoms with Crippen molar-refractivity contribution in [3.63, 3.8) is 0 Å². The molecule has 0 atom stereocenters. The molecular formula is C20H28O2. The van der Waals surface area contributed by atoms with Crippen LogP contribution in [0.2, 0.25) is 0 Å². The van der Waals surface area contributed by atoms with E-state index in [4.69, 9.17) is 5.11 Å². The van der Waals surface area contributed by atoms with Crippen molar-refractivity contribution >= 4 is 5.97 Å². The van der Waals surface area contributed by atoms with Gasteiger partial charge in [0, 0.05) is 12.0 Å². The zero-order valence-electron chi connectivity index (χ0n) is 14.1. The van der Waals surface area contributed by atoms with Crippen molar-refractivity contribution in [3.05, 3.63) is 47.5 Å². The van der Waals surface area contributed by atoms with Gasteiger partial charge >= 0.3 is 5.97 Å². The summed E-state index contributed by atoms with van der Waals surface area (Å²) < 4.78 is 0. The van der Waals surface area contributed by atoms with E-state index >= 15 is 0 Å². The maximum Gasteiger partial charge on any atom is 0.331 e. The first-order chi connectivity index (χ1) is 10.3. The minimum Gasteiger partial charge on any atom is -0.478 e. The van der Waals surface area contributed by atoms with E-state index < -0.39 is 5.97 Å². The third-order valence-corrected chi connectivity index (χ3v) is 5.12. The van der Waals surface area contributed by atoms with Gasteiger partial charge in [0.1, 0.15) is 0 Å². The summed E-state index contributed by atoms with van der Waals surface area (Å²) in [5.41, 5.74) is 3.10. The minimum atomic E-state index is -0.912. The van der Waals surface area contributed by atoms with Crippen LogP contribution in [0.1, 0.15) is 63.5 Å². The van der Waals surface area contributed by atoms with Crippen molar-refractivity contribution in [1.82, 2.24) is 0 Å². The van der Waals surface area contributed by atoms with E-state index in [1.54, 1.807) is 0 Å². The molecule has 1 fully saturated rings. The number of carboxylic acids is 1. The van der Waals surface area contributed by atoms with Gasteiger partial charge in [0.25, 0.3) is 0 Å². The van der Waals surface area contributed by atoms with Gasteiger partial charge in [0.2, 0.25) is 0 Å². The monoisotopic (exact) mass is 300 g/mol. The molecule has 0 bridgehead atoms. The third-order valence-electron chi connectivity index (χ3n) is 5.12. The quantitative estimate of drug-likeness (QED) is 0.777. The maximum atomic E-state index is 10.8. The van der Waals surface area contributed by atoms with E-state index in [9.17, 15) is 4.79 Å². The Kier molecular flexibility index (Phi) is 5.10. The summed E-state index contributed by atoms with van der Waals surface area (Å²) in [5, 5.41) is 8.89. The molecule has 2 heteroatoms. The van der Waals surface area contributed by atoms with Gasteiger partial charge in [-0.1, -0.05) is 51.6 Å². The number of benzene rings is 1. The van der Waals surface area contributed by atoms with Crippen LogP contribution in [0.3, 0.4) is 0 Å². The van der Waals surface area contributed by atoms with Gasteiger partial charge in [0.05, 0.1) is 0 Å². The van der Waals surface area contributed by atoms with Crippen LogP contribution < -0.4 is 0 Å². The highest BCUT2D eigenvalue weighted by molar-refractivity contribution is 5.86. The smallest absolute Gasteiger partial charge is 0.331 e. The Morgan fingerprint density at radius 1 is 1.14 bits per heavy atom. The molecule has 0 aromatic heterocycles. The molecule has 2 rings (SSSR count). The fraction of sp³-hybridized carbons (Fsp3) is 0.550. The van der Waals surface area contributed by atoms with Crippen LogP contribution in [0.4, 0.5) is 0 Å². The average Bonchev–Trinajstić information content (AvgIpc) is 2.47. The number of rotatable bonds is 4. The summed E-state index contributed by atoms with van der Waals surface area (Å²) in [4.78, 5) is 10.8. The van der Waals surface area contributed by atoms with E-state index in [1.807, 2.05) is 0 Å². The largest absolute Gasteiger partial charge is 0.478 e. The predicted molar refractivity (Wildman–Crippen MR) is 91.1 cm³/mol. The zero-order chi connectivity index (χ0) is 16.3. The molecular weight excluding hydrogens is 272 g/mol. The molecule has 0 unspecified atom stereocenters. The van der Waals surface area contributed by atoms with E-state index in [0.29, 0.717) is 17.8 Å². The highest BCUT2D eigenvalue weighted by atomic mass is 16.4. The maximum absolute atomic E-state index is 10.8. The Balaban J connectivity index is 1.95. The Bertz CT molecular complexity index is 526. The third kappa shape index (κ3) is 4.22. The number of carbonyl (C=O) groups is 1. The molecule has 22 heavy (non-hydrogen) atoms. The Labute approximate surface area is 134 Å². The molecule has 0 heterocycles. The molecule has 0 saturated heterocycles. The van der Waals surface area contributed by atoms with Crippen LogP contribution >= 0.6 is 0 Å². The first-order valence-corrected chi connectivity index (χ1v) is 8.27. The fourth-order valence-electron chi connectivity index (χ4n) is 3.52. The first-order valence-electron chi connectivity index (χ1n) is 8.27. The molecule has 1 N–H and O–H groups in total. The Morgan fingerprint density at radius 3 is 2.14 bits per heavy atom. The Hall–Kier alpha value is -1.57. The molecule has 120 valence electrons. The summed E-state index contributed by atoms with van der Waals surface area (Å²) in [6.07, 6.45) is 5.58. The summed E-state index contributed by atoms with van der Waals surface area (Å²) in [6.45, 7) is 10.6. The number of hydrogen-bond donors (Lipinski definition) is 1. The van der Waals surface area contributed by atoms with E-state index in [2.05, 4.69) is 51.6 Å². The average molecular weight is 300 g/mol. The molecule has 0 radical (unpaired) electrons. The molecule has 1 aromatic rings. The van der Waals surface area contributed by atoms with Crippen molar-refractivity contribution in [1.29, 1.82) is 0 Å². The molecule has 2 nitrogen and oxygen atoms in total. The van der Waals surface area contributed by atoms with E-state index in [0.717, 1.165) is 11.5 Å². The van der Waals surface area contributed by atoms with Crippen molar-refractivity contribution in [2.24, 2.45) is 11.3 Å². The molecule has 0 aliphatic heterocycles. The molecule has 1 saturated carbocycles. The summed E-state index contributed by atoms with van der Waals surface area (Å²) in [7, 11) is 0. The molecule has 0 spiro atoms. The predicted octanol–water partition coefficient (Wildman–Crippen LogP) is 5.19. The normalized spacial score (nSPS) is 22.3. The summed E-state index contributed by atoms with van der Waals surface area (Å²) >= 11 is 0. The fourth-order valence-corrected chi connectivity index (χ4v) is 3.52. The topological polar surface area (TPSA) is 37.3 Å². The summed E-state index contributed by atoms with van der Waals surface area (Å²) in [6, 6.07) is 8.46. The van der Waals surface area contributed by atoms with Crippen LogP contribution in [0.5, 0.6) is 0 Å². The van der Waals surface area contributed by atoms with Crippen LogP contribution in [0, 0.1) is 11.3 Å². The molecule has 1 aromatic carbocycles. The van der Waals surface area contributed by atoms with Gasteiger partial charge in [-0.2, -0.15) is 0 Å².